The summed E-state index contributed by atoms with van der Waals surface area (Å²) in [6, 6.07) is 8.15. The van der Waals surface area contributed by atoms with Crippen LogP contribution in [0.1, 0.15) is 12.0 Å². The molecule has 1 aromatic rings. The van der Waals surface area contributed by atoms with Gasteiger partial charge in [-0.2, -0.15) is 0 Å². The van der Waals surface area contributed by atoms with Crippen LogP contribution in [0.4, 0.5) is 4.79 Å². The third-order valence-electron chi connectivity index (χ3n) is 2.86. The van der Waals surface area contributed by atoms with Gasteiger partial charge in [-0.1, -0.05) is 30.3 Å². The van der Waals surface area contributed by atoms with E-state index in [0.717, 1.165) is 12.1 Å². The molecule has 0 fully saturated rings. The van der Waals surface area contributed by atoms with Crippen molar-refractivity contribution in [1.29, 1.82) is 0 Å². The highest BCUT2D eigenvalue weighted by Crippen LogP contribution is 2.04. The van der Waals surface area contributed by atoms with E-state index in [4.69, 9.17) is 9.84 Å². The SMILES string of the molecule is CN(C)CCCOC(=O)N[C@@H](Cc1ccccc1)C(=O)O. The van der Waals surface area contributed by atoms with E-state index < -0.39 is 18.1 Å². The monoisotopic (exact) mass is 294 g/mol. The van der Waals surface area contributed by atoms with Crippen LogP contribution in [0.25, 0.3) is 0 Å². The van der Waals surface area contributed by atoms with Crippen molar-refractivity contribution in [2.45, 2.75) is 18.9 Å². The number of rotatable bonds is 8. The fourth-order valence-electron chi connectivity index (χ4n) is 1.78. The second-order valence-electron chi connectivity index (χ2n) is 5.02. The molecule has 2 N–H and O–H groups in total. The number of hydrogen-bond donors (Lipinski definition) is 2. The molecule has 0 bridgehead atoms. The number of nitrogens with zero attached hydrogens (tertiary/aromatic N) is 1. The van der Waals surface area contributed by atoms with Gasteiger partial charge in [0.25, 0.3) is 0 Å². The minimum Gasteiger partial charge on any atom is -0.480 e. The summed E-state index contributed by atoms with van der Waals surface area (Å²) in [5.41, 5.74) is 0.845. The molecule has 6 heteroatoms. The van der Waals surface area contributed by atoms with Crippen LogP contribution in [0.2, 0.25) is 0 Å². The molecule has 6 nitrogen and oxygen atoms in total. The Morgan fingerprint density at radius 3 is 2.52 bits per heavy atom. The molecule has 116 valence electrons. The van der Waals surface area contributed by atoms with Crippen LogP contribution in [0, 0.1) is 0 Å². The Morgan fingerprint density at radius 2 is 1.95 bits per heavy atom. The number of amides is 1. The first kappa shape index (κ1) is 17.0. The van der Waals surface area contributed by atoms with Crippen LogP contribution in [0.3, 0.4) is 0 Å². The quantitative estimate of drug-likeness (QED) is 0.708. The largest absolute Gasteiger partial charge is 0.480 e. The van der Waals surface area contributed by atoms with Gasteiger partial charge in [0.2, 0.25) is 0 Å². The highest BCUT2D eigenvalue weighted by atomic mass is 16.5. The Morgan fingerprint density at radius 1 is 1.29 bits per heavy atom. The summed E-state index contributed by atoms with van der Waals surface area (Å²) >= 11 is 0. The van der Waals surface area contributed by atoms with E-state index in [1.54, 1.807) is 0 Å². The number of carboxylic acids is 1. The van der Waals surface area contributed by atoms with Crippen LogP contribution < -0.4 is 5.32 Å². The molecule has 0 aliphatic rings. The van der Waals surface area contributed by atoms with Crippen LogP contribution in [0.15, 0.2) is 30.3 Å². The highest BCUT2D eigenvalue weighted by molar-refractivity contribution is 5.80. The van der Waals surface area contributed by atoms with Crippen molar-refractivity contribution >= 4 is 12.1 Å². The van der Waals surface area contributed by atoms with Gasteiger partial charge < -0.3 is 20.1 Å². The Labute approximate surface area is 124 Å². The molecule has 0 aliphatic carbocycles. The smallest absolute Gasteiger partial charge is 0.407 e. The lowest BCUT2D eigenvalue weighted by Crippen LogP contribution is -2.42. The van der Waals surface area contributed by atoms with E-state index in [1.165, 1.54) is 0 Å². The third-order valence-corrected chi connectivity index (χ3v) is 2.86. The van der Waals surface area contributed by atoms with Crippen LogP contribution in [-0.4, -0.2) is 55.4 Å². The molecule has 21 heavy (non-hydrogen) atoms. The second kappa shape index (κ2) is 8.97. The second-order valence-corrected chi connectivity index (χ2v) is 5.02. The molecular formula is C15H22N2O4. The van der Waals surface area contributed by atoms with Crippen molar-refractivity contribution in [1.82, 2.24) is 10.2 Å². The molecule has 1 rings (SSSR count). The van der Waals surface area contributed by atoms with Crippen molar-refractivity contribution in [3.05, 3.63) is 35.9 Å². The van der Waals surface area contributed by atoms with E-state index in [2.05, 4.69) is 5.32 Å². The van der Waals surface area contributed by atoms with Gasteiger partial charge in [-0.3, -0.25) is 0 Å². The molecule has 1 aromatic carbocycles. The van der Waals surface area contributed by atoms with Gasteiger partial charge in [0, 0.05) is 13.0 Å². The van der Waals surface area contributed by atoms with Gasteiger partial charge in [-0.05, 0) is 26.1 Å². The molecule has 0 radical (unpaired) electrons. The van der Waals surface area contributed by atoms with E-state index in [1.807, 2.05) is 49.3 Å². The van der Waals surface area contributed by atoms with Crippen molar-refractivity contribution in [2.75, 3.05) is 27.2 Å². The fraction of sp³-hybridized carbons (Fsp3) is 0.467. The van der Waals surface area contributed by atoms with Gasteiger partial charge in [-0.15, -0.1) is 0 Å². The zero-order chi connectivity index (χ0) is 15.7. The molecule has 1 amide bonds. The van der Waals surface area contributed by atoms with E-state index in [-0.39, 0.29) is 13.0 Å². The van der Waals surface area contributed by atoms with Crippen molar-refractivity contribution < 1.29 is 19.4 Å². The van der Waals surface area contributed by atoms with Gasteiger partial charge in [0.05, 0.1) is 6.61 Å². The Hall–Kier alpha value is -2.08. The molecule has 0 aromatic heterocycles. The fourth-order valence-corrected chi connectivity index (χ4v) is 1.78. The van der Waals surface area contributed by atoms with E-state index in [0.29, 0.717) is 6.42 Å². The lowest BCUT2D eigenvalue weighted by molar-refractivity contribution is -0.139. The van der Waals surface area contributed by atoms with Crippen molar-refractivity contribution in [3.63, 3.8) is 0 Å². The highest BCUT2D eigenvalue weighted by Gasteiger charge is 2.20. The first-order valence-corrected chi connectivity index (χ1v) is 6.84. The summed E-state index contributed by atoms with van der Waals surface area (Å²) < 4.78 is 4.97. The number of alkyl carbamates (subject to hydrolysis) is 1. The standard InChI is InChI=1S/C15H22N2O4/c1-17(2)9-6-10-21-15(20)16-13(14(18)19)11-12-7-4-3-5-8-12/h3-5,7-8,13H,6,9-11H2,1-2H3,(H,16,20)(H,18,19)/t13-/m0/s1. The van der Waals surface area contributed by atoms with E-state index >= 15 is 0 Å². The van der Waals surface area contributed by atoms with Gasteiger partial charge in [0.15, 0.2) is 0 Å². The number of carbonyl (C=O) groups is 2. The van der Waals surface area contributed by atoms with Gasteiger partial charge >= 0.3 is 12.1 Å². The normalized spacial score (nSPS) is 12.0. The predicted octanol–water partition coefficient (Wildman–Crippen LogP) is 1.36. The topological polar surface area (TPSA) is 78.9 Å². The molecule has 1 atom stereocenters. The molecule has 0 spiro atoms. The number of nitrogens with one attached hydrogen (secondary N) is 1. The van der Waals surface area contributed by atoms with Crippen LogP contribution in [-0.2, 0) is 16.0 Å². The zero-order valence-electron chi connectivity index (χ0n) is 12.4. The average Bonchev–Trinajstić information content (AvgIpc) is 2.44. The maximum absolute atomic E-state index is 11.6. The first-order chi connectivity index (χ1) is 9.99. The zero-order valence-corrected chi connectivity index (χ0v) is 12.4. The molecule has 0 heterocycles. The van der Waals surface area contributed by atoms with Crippen LogP contribution in [0.5, 0.6) is 0 Å². The maximum Gasteiger partial charge on any atom is 0.407 e. The summed E-state index contributed by atoms with van der Waals surface area (Å²) in [6.45, 7) is 1.07. The van der Waals surface area contributed by atoms with Crippen molar-refractivity contribution in [3.8, 4) is 0 Å². The molecule has 0 saturated carbocycles. The first-order valence-electron chi connectivity index (χ1n) is 6.84. The Kier molecular flexibility index (Phi) is 7.25. The number of hydrogen-bond acceptors (Lipinski definition) is 4. The summed E-state index contributed by atoms with van der Waals surface area (Å²) in [4.78, 5) is 24.7. The number of carbonyl (C=O) groups excluding carboxylic acids is 1. The number of benzene rings is 1. The molecule has 0 unspecified atom stereocenters. The van der Waals surface area contributed by atoms with E-state index in [9.17, 15) is 9.59 Å². The summed E-state index contributed by atoms with van der Waals surface area (Å²) in [6.07, 6.45) is 0.233. The average molecular weight is 294 g/mol. The van der Waals surface area contributed by atoms with Crippen molar-refractivity contribution in [2.24, 2.45) is 0 Å². The lowest BCUT2D eigenvalue weighted by Gasteiger charge is -2.15. The van der Waals surface area contributed by atoms with Crippen LogP contribution >= 0.6 is 0 Å². The Balaban J connectivity index is 2.40. The third kappa shape index (κ3) is 7.31. The minimum atomic E-state index is -1.08. The van der Waals surface area contributed by atoms with Gasteiger partial charge in [0.1, 0.15) is 6.04 Å². The number of aliphatic carboxylic acids is 1. The summed E-state index contributed by atoms with van der Waals surface area (Å²) in [5, 5.41) is 11.5. The summed E-state index contributed by atoms with van der Waals surface area (Å²) in [7, 11) is 3.86. The molecule has 0 saturated heterocycles. The lowest BCUT2D eigenvalue weighted by atomic mass is 10.1. The number of ether oxygens (including phenoxy) is 1. The van der Waals surface area contributed by atoms with Gasteiger partial charge in [-0.25, -0.2) is 9.59 Å². The molecular weight excluding hydrogens is 272 g/mol. The number of carboxylic acid groups (broad SMARTS) is 1. The maximum atomic E-state index is 11.6. The summed E-state index contributed by atoms with van der Waals surface area (Å²) in [5.74, 6) is -1.08. The minimum absolute atomic E-state index is 0.225. The molecule has 0 aliphatic heterocycles. The Bertz CT molecular complexity index is 448. The predicted molar refractivity (Wildman–Crippen MR) is 79.2 cm³/mol.